The zero-order valence-corrected chi connectivity index (χ0v) is 25.9. The molecule has 0 aliphatic carbocycles. The minimum Gasteiger partial charge on any atom is -0.390 e. The number of piperidine rings is 2. The van der Waals surface area contributed by atoms with E-state index in [0.29, 0.717) is 60.3 Å². The van der Waals surface area contributed by atoms with Crippen molar-refractivity contribution in [2.45, 2.75) is 63.8 Å². The topological polar surface area (TPSA) is 119 Å². The summed E-state index contributed by atoms with van der Waals surface area (Å²) in [5.41, 5.74) is -1.16. The molecular formula is C31H34F4N4O5S. The Hall–Kier alpha value is -3.62. The molecule has 1 spiro atoms. The third-order valence-electron chi connectivity index (χ3n) is 8.81. The summed E-state index contributed by atoms with van der Waals surface area (Å²) in [4.78, 5) is 32.0. The van der Waals surface area contributed by atoms with Gasteiger partial charge in [-0.15, -0.1) is 0 Å². The lowest BCUT2D eigenvalue weighted by Gasteiger charge is -2.36. The Morgan fingerprint density at radius 2 is 1.62 bits per heavy atom. The summed E-state index contributed by atoms with van der Waals surface area (Å²) in [6.45, 7) is 6.11. The van der Waals surface area contributed by atoms with Gasteiger partial charge >= 0.3 is 6.18 Å². The molecule has 3 aliphatic rings. The number of nitrogens with zero attached hydrogens (tertiary/aromatic N) is 3. The summed E-state index contributed by atoms with van der Waals surface area (Å²) in [6.07, 6.45) is -2.47. The van der Waals surface area contributed by atoms with Gasteiger partial charge in [-0.1, -0.05) is 0 Å². The molecule has 9 nitrogen and oxygen atoms in total. The molecule has 0 atom stereocenters. The number of sulfonamides is 1. The van der Waals surface area contributed by atoms with Crippen LogP contribution in [0.1, 0.15) is 70.8 Å². The fourth-order valence-electron chi connectivity index (χ4n) is 5.97. The van der Waals surface area contributed by atoms with Crippen molar-refractivity contribution in [3.05, 3.63) is 74.9 Å². The lowest BCUT2D eigenvalue weighted by Crippen LogP contribution is -2.50. The highest BCUT2D eigenvalue weighted by molar-refractivity contribution is 7.92. The highest BCUT2D eigenvalue weighted by Gasteiger charge is 2.47. The van der Waals surface area contributed by atoms with Crippen molar-refractivity contribution in [2.24, 2.45) is 4.99 Å². The monoisotopic (exact) mass is 650 g/mol. The van der Waals surface area contributed by atoms with Crippen LogP contribution < -0.4 is 5.32 Å². The van der Waals surface area contributed by atoms with E-state index in [0.717, 1.165) is 11.5 Å². The van der Waals surface area contributed by atoms with E-state index in [9.17, 15) is 40.7 Å². The molecular weight excluding hydrogens is 616 g/mol. The van der Waals surface area contributed by atoms with Gasteiger partial charge in [-0.3, -0.25) is 14.6 Å². The smallest absolute Gasteiger partial charge is 0.390 e. The average molecular weight is 651 g/mol. The van der Waals surface area contributed by atoms with Crippen molar-refractivity contribution < 1.29 is 40.7 Å². The van der Waals surface area contributed by atoms with Gasteiger partial charge in [0.2, 0.25) is 10.0 Å². The number of aryl methyl sites for hydroxylation is 2. The molecule has 2 N–H and O–H groups in total. The molecule has 14 heteroatoms. The Morgan fingerprint density at radius 3 is 2.20 bits per heavy atom. The quantitative estimate of drug-likeness (QED) is 0.472. The van der Waals surface area contributed by atoms with E-state index >= 15 is 0 Å². The molecule has 2 fully saturated rings. The van der Waals surface area contributed by atoms with E-state index in [2.05, 4.69) is 10.3 Å². The van der Waals surface area contributed by atoms with Gasteiger partial charge in [-0.25, -0.2) is 12.8 Å². The summed E-state index contributed by atoms with van der Waals surface area (Å²) in [5, 5.41) is 13.7. The average Bonchev–Trinajstić information content (AvgIpc) is 3.26. The second kappa shape index (κ2) is 11.6. The number of carbonyl (C=O) groups excluding carboxylic acids is 2. The first-order valence-corrected chi connectivity index (χ1v) is 16.0. The fraction of sp³-hybridized carbons (Fsp3) is 0.452. The normalized spacial score (nSPS) is 20.5. The van der Waals surface area contributed by atoms with Crippen LogP contribution in [0.4, 0.5) is 17.6 Å². The van der Waals surface area contributed by atoms with Crippen molar-refractivity contribution in [1.82, 2.24) is 14.5 Å². The van der Waals surface area contributed by atoms with Gasteiger partial charge in [-0.05, 0) is 99.6 Å². The van der Waals surface area contributed by atoms with Crippen LogP contribution in [0.2, 0.25) is 0 Å². The largest absolute Gasteiger partial charge is 0.419 e. The molecule has 0 saturated carbocycles. The van der Waals surface area contributed by atoms with Crippen LogP contribution in [0.25, 0.3) is 6.08 Å². The summed E-state index contributed by atoms with van der Waals surface area (Å²) in [5.74, 6) is -2.27. The zero-order valence-electron chi connectivity index (χ0n) is 25.0. The third kappa shape index (κ3) is 6.68. The molecule has 45 heavy (non-hydrogen) atoms. The highest BCUT2D eigenvalue weighted by atomic mass is 32.2. The lowest BCUT2D eigenvalue weighted by molar-refractivity contribution is -0.140. The summed E-state index contributed by atoms with van der Waals surface area (Å²) >= 11 is 0. The van der Waals surface area contributed by atoms with Crippen molar-refractivity contribution in [3.63, 3.8) is 0 Å². The van der Waals surface area contributed by atoms with Gasteiger partial charge in [0.05, 0.1) is 11.2 Å². The van der Waals surface area contributed by atoms with Crippen molar-refractivity contribution in [1.29, 1.82) is 0 Å². The van der Waals surface area contributed by atoms with Crippen molar-refractivity contribution in [2.75, 3.05) is 26.2 Å². The lowest BCUT2D eigenvalue weighted by atomic mass is 9.89. The van der Waals surface area contributed by atoms with Crippen LogP contribution in [0, 0.1) is 19.7 Å². The zero-order chi connectivity index (χ0) is 32.9. The number of halogens is 4. The van der Waals surface area contributed by atoms with Gasteiger partial charge < -0.3 is 15.3 Å². The van der Waals surface area contributed by atoms with Gasteiger partial charge in [0.15, 0.2) is 0 Å². The molecule has 0 bridgehead atoms. The third-order valence-corrected chi connectivity index (χ3v) is 10.4. The van der Waals surface area contributed by atoms with Gasteiger partial charge in [0.1, 0.15) is 17.2 Å². The van der Waals surface area contributed by atoms with E-state index in [1.165, 1.54) is 10.4 Å². The summed E-state index contributed by atoms with van der Waals surface area (Å²) in [7, 11) is -3.92. The van der Waals surface area contributed by atoms with Crippen LogP contribution in [-0.2, 0) is 21.0 Å². The Balaban J connectivity index is 1.27. The van der Waals surface area contributed by atoms with Crippen molar-refractivity contribution in [3.8, 4) is 0 Å². The number of amides is 2. The number of carbonyl (C=O) groups is 2. The van der Waals surface area contributed by atoms with Gasteiger partial charge in [0.25, 0.3) is 11.8 Å². The molecule has 2 aromatic carbocycles. The number of rotatable bonds is 5. The molecule has 0 radical (unpaired) electrons. The predicted molar refractivity (Wildman–Crippen MR) is 159 cm³/mol. The number of hydrogen-bond donors (Lipinski definition) is 2. The van der Waals surface area contributed by atoms with Crippen LogP contribution in [0.3, 0.4) is 0 Å². The van der Waals surface area contributed by atoms with Crippen LogP contribution in [-0.4, -0.2) is 77.7 Å². The molecule has 2 aromatic rings. The second-order valence-corrected chi connectivity index (χ2v) is 14.0. The molecule has 3 heterocycles. The number of likely N-dealkylation sites (tertiary alicyclic amines) is 1. The highest BCUT2D eigenvalue weighted by Crippen LogP contribution is 2.35. The standard InChI is InChI=1S/C31H34F4N4O5S/c1-19-16-22(27(40)38-11-7-29(3,42)8-12-38)17-20(2)23(19)6-15-45(43,44)39-13-9-30(10-14-39)28(41)36-26(37-30)21-4-5-25(32)24(18-21)31(33,34)35/h4-6,15-18,42H,7-14H2,1-3H3,(H,36,37,41)/b15-6+. The van der Waals surface area contributed by atoms with Crippen LogP contribution in [0.5, 0.6) is 0 Å². The van der Waals surface area contributed by atoms with Crippen molar-refractivity contribution >= 4 is 33.7 Å². The number of benzene rings is 2. The van der Waals surface area contributed by atoms with Crippen LogP contribution >= 0.6 is 0 Å². The first-order valence-electron chi connectivity index (χ1n) is 14.5. The van der Waals surface area contributed by atoms with Crippen LogP contribution in [0.15, 0.2) is 40.7 Å². The summed E-state index contributed by atoms with van der Waals surface area (Å²) < 4.78 is 81.0. The maximum absolute atomic E-state index is 13.8. The van der Waals surface area contributed by atoms with E-state index in [1.807, 2.05) is 0 Å². The molecule has 0 unspecified atom stereocenters. The molecule has 0 aromatic heterocycles. The molecule has 242 valence electrons. The van der Waals surface area contributed by atoms with Gasteiger partial charge in [-0.2, -0.15) is 17.5 Å². The maximum atomic E-state index is 13.8. The maximum Gasteiger partial charge on any atom is 0.419 e. The fourth-order valence-corrected chi connectivity index (χ4v) is 7.14. The Morgan fingerprint density at radius 1 is 1.02 bits per heavy atom. The minimum absolute atomic E-state index is 0.00349. The second-order valence-electron chi connectivity index (χ2n) is 12.2. The summed E-state index contributed by atoms with van der Waals surface area (Å²) in [6, 6.07) is 5.77. The van der Waals surface area contributed by atoms with Gasteiger partial charge in [0, 0.05) is 42.7 Å². The molecule has 3 aliphatic heterocycles. The van der Waals surface area contributed by atoms with E-state index in [1.54, 1.807) is 37.8 Å². The Bertz CT molecular complexity index is 1680. The van der Waals surface area contributed by atoms with E-state index in [-0.39, 0.29) is 43.2 Å². The first kappa shape index (κ1) is 32.8. The molecule has 2 saturated heterocycles. The Kier molecular flexibility index (Phi) is 8.47. The number of hydrogen-bond acceptors (Lipinski definition) is 6. The van der Waals surface area contributed by atoms with E-state index in [4.69, 9.17) is 0 Å². The number of nitrogens with one attached hydrogen (secondary N) is 1. The Labute approximate surface area is 258 Å². The SMILES string of the molecule is Cc1cc(C(=O)N2CCC(C)(O)CC2)cc(C)c1/C=C/S(=O)(=O)N1CCC2(CC1)N=C(c1ccc(F)c(C(F)(F)F)c1)NC2=O. The number of amidine groups is 1. The van der Waals surface area contributed by atoms with E-state index < -0.39 is 44.6 Å². The minimum atomic E-state index is -4.93. The number of alkyl halides is 3. The number of aliphatic hydroxyl groups is 1. The molecule has 5 rings (SSSR count). The molecule has 2 amide bonds. The predicted octanol–water partition coefficient (Wildman–Crippen LogP) is 4.16. The first-order chi connectivity index (χ1) is 20.9. The number of aliphatic imine (C=N–C) groups is 1.